The number of rotatable bonds is 1. The maximum Gasteiger partial charge on any atom is 0.191 e. The molecule has 0 unspecified atom stereocenters. The summed E-state index contributed by atoms with van der Waals surface area (Å²) in [6.07, 6.45) is 1.76. The third-order valence-electron chi connectivity index (χ3n) is 2.03. The summed E-state index contributed by atoms with van der Waals surface area (Å²) in [7, 11) is 0. The lowest BCUT2D eigenvalue weighted by Crippen LogP contribution is -1.78. The fourth-order valence-corrected chi connectivity index (χ4v) is 1.34. The van der Waals surface area contributed by atoms with Gasteiger partial charge in [-0.05, 0) is 12.5 Å². The predicted molar refractivity (Wildman–Crippen MR) is 51.4 cm³/mol. The molecular formula is C11H11NO. The van der Waals surface area contributed by atoms with Crippen LogP contribution in [0.3, 0.4) is 0 Å². The molecule has 0 atom stereocenters. The van der Waals surface area contributed by atoms with E-state index < -0.39 is 0 Å². The van der Waals surface area contributed by atoms with Gasteiger partial charge in [0.15, 0.2) is 11.7 Å². The Hall–Kier alpha value is -1.57. The average Bonchev–Trinajstić information content (AvgIpc) is 2.53. The van der Waals surface area contributed by atoms with Crippen molar-refractivity contribution in [2.24, 2.45) is 0 Å². The highest BCUT2D eigenvalue weighted by Crippen LogP contribution is 2.23. The van der Waals surface area contributed by atoms with Crippen LogP contribution in [-0.4, -0.2) is 4.98 Å². The van der Waals surface area contributed by atoms with Crippen molar-refractivity contribution < 1.29 is 4.42 Å². The summed E-state index contributed by atoms with van der Waals surface area (Å²) in [6.45, 7) is 3.91. The molecule has 1 aromatic heterocycles. The van der Waals surface area contributed by atoms with E-state index in [1.165, 1.54) is 5.56 Å². The summed E-state index contributed by atoms with van der Waals surface area (Å²) in [5.74, 6) is 1.55. The summed E-state index contributed by atoms with van der Waals surface area (Å²) >= 11 is 0. The normalized spacial score (nSPS) is 10.3. The van der Waals surface area contributed by atoms with Crippen molar-refractivity contribution in [3.63, 3.8) is 0 Å². The predicted octanol–water partition coefficient (Wildman–Crippen LogP) is 2.96. The van der Waals surface area contributed by atoms with Crippen molar-refractivity contribution in [1.29, 1.82) is 0 Å². The van der Waals surface area contributed by atoms with Crippen LogP contribution in [0.1, 0.15) is 11.5 Å². The number of aryl methyl sites for hydroxylation is 2. The van der Waals surface area contributed by atoms with Crippen molar-refractivity contribution in [2.45, 2.75) is 13.8 Å². The second kappa shape index (κ2) is 3.05. The van der Waals surface area contributed by atoms with E-state index in [4.69, 9.17) is 4.42 Å². The lowest BCUT2D eigenvalue weighted by molar-refractivity contribution is 0.534. The highest BCUT2D eigenvalue weighted by molar-refractivity contribution is 5.60. The second-order valence-electron chi connectivity index (χ2n) is 3.06. The molecule has 0 amide bonds. The minimum absolute atomic E-state index is 0.707. The molecule has 13 heavy (non-hydrogen) atoms. The first-order valence-corrected chi connectivity index (χ1v) is 4.26. The Morgan fingerprint density at radius 2 is 1.92 bits per heavy atom. The first-order chi connectivity index (χ1) is 6.27. The van der Waals surface area contributed by atoms with Gasteiger partial charge in [0.05, 0.1) is 6.20 Å². The van der Waals surface area contributed by atoms with Crippen molar-refractivity contribution >= 4 is 0 Å². The Balaban J connectivity index is 2.52. The fourth-order valence-electron chi connectivity index (χ4n) is 1.34. The quantitative estimate of drug-likeness (QED) is 0.662. The van der Waals surface area contributed by atoms with Crippen molar-refractivity contribution in [1.82, 2.24) is 4.98 Å². The van der Waals surface area contributed by atoms with Gasteiger partial charge in [0.2, 0.25) is 0 Å². The van der Waals surface area contributed by atoms with E-state index in [1.54, 1.807) is 6.20 Å². The molecule has 1 aromatic carbocycles. The molecule has 0 aliphatic carbocycles. The van der Waals surface area contributed by atoms with Crippen LogP contribution in [0.15, 0.2) is 34.9 Å². The number of hydrogen-bond donors (Lipinski definition) is 0. The van der Waals surface area contributed by atoms with E-state index in [0.717, 1.165) is 11.3 Å². The van der Waals surface area contributed by atoms with E-state index in [9.17, 15) is 0 Å². The van der Waals surface area contributed by atoms with Crippen LogP contribution < -0.4 is 0 Å². The van der Waals surface area contributed by atoms with Crippen LogP contribution in [0.25, 0.3) is 11.3 Å². The highest BCUT2D eigenvalue weighted by Gasteiger charge is 2.04. The van der Waals surface area contributed by atoms with Gasteiger partial charge in [-0.3, -0.25) is 0 Å². The molecule has 0 N–H and O–H groups in total. The van der Waals surface area contributed by atoms with Gasteiger partial charge < -0.3 is 4.42 Å². The summed E-state index contributed by atoms with van der Waals surface area (Å²) in [5.41, 5.74) is 2.32. The molecule has 2 aromatic rings. The maximum absolute atomic E-state index is 5.44. The van der Waals surface area contributed by atoms with Gasteiger partial charge in [0.25, 0.3) is 0 Å². The first kappa shape index (κ1) is 8.05. The molecule has 0 fully saturated rings. The Kier molecular flexibility index (Phi) is 1.89. The lowest BCUT2D eigenvalue weighted by Gasteiger charge is -1.99. The topological polar surface area (TPSA) is 26.0 Å². The van der Waals surface area contributed by atoms with Gasteiger partial charge in [0.1, 0.15) is 0 Å². The van der Waals surface area contributed by atoms with Crippen molar-refractivity contribution in [2.75, 3.05) is 0 Å². The first-order valence-electron chi connectivity index (χ1n) is 4.26. The van der Waals surface area contributed by atoms with Gasteiger partial charge in [0, 0.05) is 12.5 Å². The molecule has 2 heteroatoms. The summed E-state index contributed by atoms with van der Waals surface area (Å²) < 4.78 is 5.44. The molecule has 2 rings (SSSR count). The minimum Gasteiger partial charge on any atom is -0.441 e. The maximum atomic E-state index is 5.44. The zero-order chi connectivity index (χ0) is 9.26. The van der Waals surface area contributed by atoms with Gasteiger partial charge in [-0.2, -0.15) is 0 Å². The summed E-state index contributed by atoms with van der Waals surface area (Å²) in [4.78, 5) is 4.07. The molecule has 0 aliphatic heterocycles. The molecule has 0 saturated heterocycles. The minimum atomic E-state index is 0.707. The van der Waals surface area contributed by atoms with Crippen LogP contribution in [0.4, 0.5) is 0 Å². The monoisotopic (exact) mass is 173 g/mol. The zero-order valence-corrected chi connectivity index (χ0v) is 7.74. The zero-order valence-electron chi connectivity index (χ0n) is 7.74. The molecule has 0 radical (unpaired) electrons. The number of oxazole rings is 1. The van der Waals surface area contributed by atoms with E-state index in [0.29, 0.717) is 5.89 Å². The van der Waals surface area contributed by atoms with Crippen LogP contribution in [0.2, 0.25) is 0 Å². The third-order valence-corrected chi connectivity index (χ3v) is 2.03. The largest absolute Gasteiger partial charge is 0.441 e. The van der Waals surface area contributed by atoms with Crippen LogP contribution in [0.5, 0.6) is 0 Å². The molecule has 0 aliphatic rings. The third kappa shape index (κ3) is 1.47. The standard InChI is InChI=1S/C11H11NO/c1-8-5-3-4-6-10(8)11-7-12-9(2)13-11/h3-7H,1-2H3. The molecule has 2 nitrogen and oxygen atoms in total. The molecule has 1 heterocycles. The van der Waals surface area contributed by atoms with Crippen LogP contribution in [0, 0.1) is 13.8 Å². The van der Waals surface area contributed by atoms with E-state index >= 15 is 0 Å². The Morgan fingerprint density at radius 1 is 1.15 bits per heavy atom. The van der Waals surface area contributed by atoms with Crippen LogP contribution in [-0.2, 0) is 0 Å². The number of benzene rings is 1. The SMILES string of the molecule is Cc1ncc(-c2ccccc2C)o1. The molecule has 0 spiro atoms. The van der Waals surface area contributed by atoms with Gasteiger partial charge >= 0.3 is 0 Å². The molecule has 66 valence electrons. The van der Waals surface area contributed by atoms with E-state index in [-0.39, 0.29) is 0 Å². The molecule has 0 bridgehead atoms. The Morgan fingerprint density at radius 3 is 2.54 bits per heavy atom. The highest BCUT2D eigenvalue weighted by atomic mass is 16.4. The summed E-state index contributed by atoms with van der Waals surface area (Å²) in [5, 5.41) is 0. The Labute approximate surface area is 77.2 Å². The van der Waals surface area contributed by atoms with Gasteiger partial charge in [-0.15, -0.1) is 0 Å². The number of nitrogens with zero attached hydrogens (tertiary/aromatic N) is 1. The average molecular weight is 173 g/mol. The smallest absolute Gasteiger partial charge is 0.191 e. The molecule has 0 saturated carbocycles. The molecular weight excluding hydrogens is 162 g/mol. The second-order valence-corrected chi connectivity index (χ2v) is 3.06. The lowest BCUT2D eigenvalue weighted by atomic mass is 10.1. The van der Waals surface area contributed by atoms with Crippen molar-refractivity contribution in [3.8, 4) is 11.3 Å². The van der Waals surface area contributed by atoms with E-state index in [1.807, 2.05) is 25.1 Å². The Bertz CT molecular complexity index is 418. The van der Waals surface area contributed by atoms with Gasteiger partial charge in [-0.1, -0.05) is 24.3 Å². The number of hydrogen-bond acceptors (Lipinski definition) is 2. The fraction of sp³-hybridized carbons (Fsp3) is 0.182. The van der Waals surface area contributed by atoms with Crippen molar-refractivity contribution in [3.05, 3.63) is 41.9 Å². The van der Waals surface area contributed by atoms with Crippen LogP contribution >= 0.6 is 0 Å². The van der Waals surface area contributed by atoms with E-state index in [2.05, 4.69) is 18.0 Å². The summed E-state index contributed by atoms with van der Waals surface area (Å²) in [6, 6.07) is 8.12. The van der Waals surface area contributed by atoms with Gasteiger partial charge in [-0.25, -0.2) is 4.98 Å². The number of aromatic nitrogens is 1.